The van der Waals surface area contributed by atoms with Gasteiger partial charge in [0.1, 0.15) is 5.70 Å². The van der Waals surface area contributed by atoms with E-state index < -0.39 is 0 Å². The lowest BCUT2D eigenvalue weighted by atomic mass is 10.1. The van der Waals surface area contributed by atoms with Gasteiger partial charge in [-0.15, -0.1) is 0 Å². The van der Waals surface area contributed by atoms with Crippen molar-refractivity contribution >= 4 is 40.5 Å². The molecule has 2 heterocycles. The number of hydrogen-bond acceptors (Lipinski definition) is 6. The number of aryl methyl sites for hydroxylation is 1. The number of anilines is 1. The van der Waals surface area contributed by atoms with Crippen molar-refractivity contribution in [1.82, 2.24) is 5.32 Å². The van der Waals surface area contributed by atoms with Gasteiger partial charge in [-0.25, -0.2) is 4.99 Å². The maximum absolute atomic E-state index is 13.3. The number of carbonyl (C=O) groups is 2. The van der Waals surface area contributed by atoms with Gasteiger partial charge in [0, 0.05) is 6.54 Å². The number of ether oxygens (including phenoxy) is 2. The van der Waals surface area contributed by atoms with Crippen LogP contribution in [0.2, 0.25) is 0 Å². The van der Waals surface area contributed by atoms with Gasteiger partial charge >= 0.3 is 0 Å². The fourth-order valence-electron chi connectivity index (χ4n) is 3.26. The second-order valence-electron chi connectivity index (χ2n) is 7.50. The highest BCUT2D eigenvalue weighted by molar-refractivity contribution is 8.14. The van der Waals surface area contributed by atoms with Crippen LogP contribution in [0.25, 0.3) is 6.08 Å². The number of carbonyl (C=O) groups excluding carboxylic acids is 2. The lowest BCUT2D eigenvalue weighted by molar-refractivity contribution is -0.118. The van der Waals surface area contributed by atoms with Crippen LogP contribution in [0.5, 0.6) is 11.5 Å². The molecule has 0 aromatic heterocycles. The molecule has 0 fully saturated rings. The van der Waals surface area contributed by atoms with E-state index in [1.54, 1.807) is 11.0 Å². The number of nitrogens with zero attached hydrogens (tertiary/aromatic N) is 2. The minimum atomic E-state index is -0.236. The van der Waals surface area contributed by atoms with Gasteiger partial charge in [0.25, 0.3) is 5.91 Å². The molecule has 0 saturated heterocycles. The van der Waals surface area contributed by atoms with E-state index in [0.717, 1.165) is 24.0 Å². The first-order valence-electron chi connectivity index (χ1n) is 10.6. The smallest absolute Gasteiger partial charge is 0.283 e. The van der Waals surface area contributed by atoms with Gasteiger partial charge in [-0.2, -0.15) is 0 Å². The third-order valence-electron chi connectivity index (χ3n) is 5.01. The van der Waals surface area contributed by atoms with Crippen LogP contribution in [-0.4, -0.2) is 36.1 Å². The van der Waals surface area contributed by atoms with Crippen molar-refractivity contribution in [3.8, 4) is 11.5 Å². The zero-order valence-corrected chi connectivity index (χ0v) is 18.9. The molecule has 8 heteroatoms. The Morgan fingerprint density at radius 1 is 1.19 bits per heavy atom. The van der Waals surface area contributed by atoms with Crippen molar-refractivity contribution in [2.75, 3.05) is 24.0 Å². The fraction of sp³-hybridized carbons (Fsp3) is 0.292. The molecule has 0 bridgehead atoms. The normalized spacial score (nSPS) is 15.9. The molecule has 0 unspecified atom stereocenters. The molecular formula is C24H25N3O4S. The van der Waals surface area contributed by atoms with E-state index in [-0.39, 0.29) is 24.4 Å². The van der Waals surface area contributed by atoms with E-state index in [2.05, 4.69) is 17.2 Å². The second-order valence-corrected chi connectivity index (χ2v) is 8.45. The lowest BCUT2D eigenvalue weighted by Gasteiger charge is -2.18. The molecule has 166 valence electrons. The van der Waals surface area contributed by atoms with Crippen molar-refractivity contribution in [3.63, 3.8) is 0 Å². The van der Waals surface area contributed by atoms with Gasteiger partial charge in [-0.1, -0.05) is 48.9 Å². The van der Waals surface area contributed by atoms with Crippen molar-refractivity contribution in [2.24, 2.45) is 4.99 Å². The summed E-state index contributed by atoms with van der Waals surface area (Å²) in [5.74, 6) is 1.20. The van der Waals surface area contributed by atoms with Crippen molar-refractivity contribution < 1.29 is 19.1 Å². The molecule has 1 N–H and O–H groups in total. The van der Waals surface area contributed by atoms with Crippen LogP contribution >= 0.6 is 11.8 Å². The Hall–Kier alpha value is -3.26. The zero-order valence-electron chi connectivity index (χ0n) is 18.1. The van der Waals surface area contributed by atoms with E-state index in [0.29, 0.717) is 34.6 Å². The molecule has 4 rings (SSSR count). The third-order valence-corrected chi connectivity index (χ3v) is 5.95. The molecule has 2 amide bonds. The molecule has 2 aromatic rings. The first-order chi connectivity index (χ1) is 15.5. The number of unbranched alkanes of at least 4 members (excludes halogenated alkanes) is 1. The summed E-state index contributed by atoms with van der Waals surface area (Å²) in [7, 11) is 0. The Morgan fingerprint density at radius 3 is 2.75 bits per heavy atom. The molecule has 2 aromatic carbocycles. The molecule has 2 aliphatic rings. The summed E-state index contributed by atoms with van der Waals surface area (Å²) in [6, 6.07) is 13.1. The van der Waals surface area contributed by atoms with E-state index in [4.69, 9.17) is 9.47 Å². The van der Waals surface area contributed by atoms with Crippen LogP contribution in [0.1, 0.15) is 30.9 Å². The summed E-state index contributed by atoms with van der Waals surface area (Å²) in [4.78, 5) is 31.6. The summed E-state index contributed by atoms with van der Waals surface area (Å²) in [5, 5.41) is 3.38. The molecular weight excluding hydrogens is 426 g/mol. The van der Waals surface area contributed by atoms with Crippen LogP contribution in [0, 0.1) is 6.92 Å². The molecule has 0 saturated carbocycles. The standard InChI is InChI=1S/C24H25N3O4S/c1-3-4-11-25-22(28)14-32-24-26-19(12-17-7-10-20-21(13-17)31-15-30-20)23(29)27(24)18-8-5-16(2)6-9-18/h5-10,12-13H,3-4,11,14-15H2,1-2H3,(H,25,28). The monoisotopic (exact) mass is 451 g/mol. The maximum atomic E-state index is 13.3. The maximum Gasteiger partial charge on any atom is 0.283 e. The SMILES string of the molecule is CCCCNC(=O)CSC1=NC(=Cc2ccc3c(c2)OCO3)C(=O)N1c1ccc(C)cc1. The Bertz CT molecular complexity index is 1080. The van der Waals surface area contributed by atoms with E-state index in [9.17, 15) is 9.59 Å². The minimum absolute atomic E-state index is 0.0735. The topological polar surface area (TPSA) is 80.2 Å². The number of thioether (sulfide) groups is 1. The van der Waals surface area contributed by atoms with Crippen molar-refractivity contribution in [2.45, 2.75) is 26.7 Å². The van der Waals surface area contributed by atoms with E-state index in [1.807, 2.05) is 49.4 Å². The number of fused-ring (bicyclic) bond motifs is 1. The summed E-state index contributed by atoms with van der Waals surface area (Å²) in [5.41, 5.74) is 2.90. The highest BCUT2D eigenvalue weighted by Gasteiger charge is 2.32. The largest absolute Gasteiger partial charge is 0.454 e. The first-order valence-corrected chi connectivity index (χ1v) is 11.5. The molecule has 2 aliphatic heterocycles. The molecule has 7 nitrogen and oxygen atoms in total. The lowest BCUT2D eigenvalue weighted by Crippen LogP contribution is -2.32. The average molecular weight is 452 g/mol. The predicted octanol–water partition coefficient (Wildman–Crippen LogP) is 4.12. The number of rotatable bonds is 7. The Labute approximate surface area is 191 Å². The molecule has 0 radical (unpaired) electrons. The summed E-state index contributed by atoms with van der Waals surface area (Å²) >= 11 is 1.25. The summed E-state index contributed by atoms with van der Waals surface area (Å²) in [6.07, 6.45) is 3.68. The molecule has 0 aliphatic carbocycles. The number of hydrogen-bond donors (Lipinski definition) is 1. The zero-order chi connectivity index (χ0) is 22.5. The van der Waals surface area contributed by atoms with Gasteiger partial charge in [0.05, 0.1) is 11.4 Å². The first kappa shape index (κ1) is 22.0. The number of amides is 2. The van der Waals surface area contributed by atoms with Crippen molar-refractivity contribution in [1.29, 1.82) is 0 Å². The summed E-state index contributed by atoms with van der Waals surface area (Å²) < 4.78 is 10.8. The fourth-order valence-corrected chi connectivity index (χ4v) is 4.10. The highest BCUT2D eigenvalue weighted by Crippen LogP contribution is 2.34. The van der Waals surface area contributed by atoms with Gasteiger partial charge in [0.2, 0.25) is 12.7 Å². The second kappa shape index (κ2) is 9.91. The Balaban J connectivity index is 1.57. The Morgan fingerprint density at radius 2 is 1.97 bits per heavy atom. The number of aliphatic imine (C=N–C) groups is 1. The minimum Gasteiger partial charge on any atom is -0.454 e. The summed E-state index contributed by atoms with van der Waals surface area (Å²) in [6.45, 7) is 4.91. The third kappa shape index (κ3) is 4.96. The van der Waals surface area contributed by atoms with Crippen LogP contribution in [0.15, 0.2) is 53.2 Å². The van der Waals surface area contributed by atoms with Gasteiger partial charge in [-0.3, -0.25) is 14.5 Å². The highest BCUT2D eigenvalue weighted by atomic mass is 32.2. The average Bonchev–Trinajstić information content (AvgIpc) is 3.37. The predicted molar refractivity (Wildman–Crippen MR) is 127 cm³/mol. The molecule has 0 atom stereocenters. The van der Waals surface area contributed by atoms with Gasteiger partial charge in [0.15, 0.2) is 16.7 Å². The van der Waals surface area contributed by atoms with E-state index >= 15 is 0 Å². The van der Waals surface area contributed by atoms with Gasteiger partial charge in [-0.05, 0) is 49.2 Å². The number of nitrogens with one attached hydrogen (secondary N) is 1. The molecule has 0 spiro atoms. The quantitative estimate of drug-likeness (QED) is 0.506. The van der Waals surface area contributed by atoms with Crippen LogP contribution in [-0.2, 0) is 9.59 Å². The van der Waals surface area contributed by atoms with Gasteiger partial charge < -0.3 is 14.8 Å². The number of benzene rings is 2. The van der Waals surface area contributed by atoms with Crippen molar-refractivity contribution in [3.05, 3.63) is 59.3 Å². The van der Waals surface area contributed by atoms with E-state index in [1.165, 1.54) is 11.8 Å². The van der Waals surface area contributed by atoms with Crippen LogP contribution < -0.4 is 19.7 Å². The van der Waals surface area contributed by atoms with Crippen LogP contribution in [0.4, 0.5) is 5.69 Å². The van der Waals surface area contributed by atoms with Crippen LogP contribution in [0.3, 0.4) is 0 Å². The number of amidine groups is 1. The molecule has 32 heavy (non-hydrogen) atoms. The Kier molecular flexibility index (Phi) is 6.80.